The fraction of sp³-hybridized carbons (Fsp3) is 0.0909. The summed E-state index contributed by atoms with van der Waals surface area (Å²) in [4.78, 5) is 10.1. The highest BCUT2D eigenvalue weighted by Crippen LogP contribution is 2.20. The molecule has 0 unspecified atom stereocenters. The summed E-state index contributed by atoms with van der Waals surface area (Å²) in [5.41, 5.74) is 1.46. The molecule has 2 rings (SSSR count). The number of ether oxygens (including phenoxy) is 1. The predicted octanol–water partition coefficient (Wildman–Crippen LogP) is 2.06. The third-order valence-corrected chi connectivity index (χ3v) is 2.22. The van der Waals surface area contributed by atoms with Crippen LogP contribution in [0.2, 0.25) is 0 Å². The lowest BCUT2D eigenvalue weighted by atomic mass is 10.1. The van der Waals surface area contributed by atoms with Crippen molar-refractivity contribution in [3.8, 4) is 17.1 Å². The van der Waals surface area contributed by atoms with E-state index < -0.39 is 4.92 Å². The summed E-state index contributed by atoms with van der Waals surface area (Å²) in [6.07, 6.45) is 0. The lowest BCUT2D eigenvalue weighted by Gasteiger charge is -2.01. The van der Waals surface area contributed by atoms with Crippen molar-refractivity contribution in [3.05, 3.63) is 46.5 Å². The fourth-order valence-electron chi connectivity index (χ4n) is 1.34. The van der Waals surface area contributed by atoms with Gasteiger partial charge in [0.2, 0.25) is 5.88 Å². The molecule has 0 bridgehead atoms. The first kappa shape index (κ1) is 11.0. The molecular formula is C11H9N3O3. The monoisotopic (exact) mass is 231 g/mol. The maximum absolute atomic E-state index is 10.5. The number of nitrogens with zero attached hydrogens (tertiary/aromatic N) is 3. The zero-order valence-corrected chi connectivity index (χ0v) is 9.03. The first-order valence-electron chi connectivity index (χ1n) is 4.83. The second kappa shape index (κ2) is 4.56. The van der Waals surface area contributed by atoms with E-state index in [1.54, 1.807) is 24.3 Å². The van der Waals surface area contributed by atoms with Gasteiger partial charge in [0.05, 0.1) is 17.7 Å². The average Bonchev–Trinajstić information content (AvgIpc) is 2.39. The van der Waals surface area contributed by atoms with Crippen LogP contribution < -0.4 is 4.74 Å². The molecule has 0 amide bonds. The Morgan fingerprint density at radius 3 is 2.29 bits per heavy atom. The summed E-state index contributed by atoms with van der Waals surface area (Å²) < 4.78 is 4.89. The number of nitro benzene ring substituents is 1. The zero-order valence-electron chi connectivity index (χ0n) is 9.03. The van der Waals surface area contributed by atoms with Crippen molar-refractivity contribution >= 4 is 5.69 Å². The normalized spacial score (nSPS) is 9.94. The van der Waals surface area contributed by atoms with Crippen molar-refractivity contribution in [1.29, 1.82) is 0 Å². The summed E-state index contributed by atoms with van der Waals surface area (Å²) in [6, 6.07) is 9.56. The van der Waals surface area contributed by atoms with Crippen LogP contribution in [0.4, 0.5) is 5.69 Å². The highest BCUT2D eigenvalue weighted by Gasteiger charge is 2.06. The third-order valence-electron chi connectivity index (χ3n) is 2.22. The molecule has 1 aromatic carbocycles. The van der Waals surface area contributed by atoms with E-state index in [2.05, 4.69) is 10.2 Å². The maximum Gasteiger partial charge on any atom is 0.269 e. The lowest BCUT2D eigenvalue weighted by Crippen LogP contribution is -1.92. The van der Waals surface area contributed by atoms with Gasteiger partial charge in [-0.1, -0.05) is 0 Å². The quantitative estimate of drug-likeness (QED) is 0.596. The Morgan fingerprint density at radius 1 is 1.12 bits per heavy atom. The van der Waals surface area contributed by atoms with Gasteiger partial charge in [-0.3, -0.25) is 10.1 Å². The van der Waals surface area contributed by atoms with E-state index in [0.717, 1.165) is 5.56 Å². The molecule has 0 N–H and O–H groups in total. The van der Waals surface area contributed by atoms with Crippen molar-refractivity contribution in [2.24, 2.45) is 0 Å². The Morgan fingerprint density at radius 2 is 1.82 bits per heavy atom. The molecule has 0 aliphatic heterocycles. The van der Waals surface area contributed by atoms with Crippen molar-refractivity contribution in [2.45, 2.75) is 0 Å². The van der Waals surface area contributed by atoms with Gasteiger partial charge in [0.15, 0.2) is 0 Å². The van der Waals surface area contributed by atoms with E-state index in [4.69, 9.17) is 4.74 Å². The number of hydrogen-bond donors (Lipinski definition) is 0. The van der Waals surface area contributed by atoms with Crippen molar-refractivity contribution in [1.82, 2.24) is 10.2 Å². The third kappa shape index (κ3) is 2.36. The Balaban J connectivity index is 2.29. The largest absolute Gasteiger partial charge is 0.480 e. The Kier molecular flexibility index (Phi) is 2.95. The highest BCUT2D eigenvalue weighted by molar-refractivity contribution is 5.60. The number of methoxy groups -OCH3 is 1. The molecule has 17 heavy (non-hydrogen) atoms. The molecule has 0 radical (unpaired) electrons. The van der Waals surface area contributed by atoms with Gasteiger partial charge in [-0.2, -0.15) is 0 Å². The van der Waals surface area contributed by atoms with Gasteiger partial charge in [-0.25, -0.2) is 0 Å². The first-order chi connectivity index (χ1) is 8.20. The van der Waals surface area contributed by atoms with Crippen LogP contribution in [-0.4, -0.2) is 22.2 Å². The minimum atomic E-state index is -0.441. The van der Waals surface area contributed by atoms with Crippen LogP contribution in [0, 0.1) is 10.1 Å². The average molecular weight is 231 g/mol. The molecule has 0 aliphatic carbocycles. The fourth-order valence-corrected chi connectivity index (χ4v) is 1.34. The molecule has 1 heterocycles. The molecule has 1 aromatic heterocycles. The molecule has 0 spiro atoms. The molecule has 86 valence electrons. The van der Waals surface area contributed by atoms with Crippen LogP contribution >= 0.6 is 0 Å². The van der Waals surface area contributed by atoms with E-state index in [-0.39, 0.29) is 5.69 Å². The second-order valence-corrected chi connectivity index (χ2v) is 3.26. The molecule has 0 aliphatic rings. The van der Waals surface area contributed by atoms with Gasteiger partial charge in [-0.15, -0.1) is 10.2 Å². The van der Waals surface area contributed by atoms with Crippen LogP contribution in [0.3, 0.4) is 0 Å². The van der Waals surface area contributed by atoms with Crippen molar-refractivity contribution in [3.63, 3.8) is 0 Å². The smallest absolute Gasteiger partial charge is 0.269 e. The molecular weight excluding hydrogens is 222 g/mol. The van der Waals surface area contributed by atoms with E-state index in [9.17, 15) is 10.1 Å². The van der Waals surface area contributed by atoms with Crippen molar-refractivity contribution < 1.29 is 9.66 Å². The lowest BCUT2D eigenvalue weighted by molar-refractivity contribution is -0.384. The summed E-state index contributed by atoms with van der Waals surface area (Å²) in [7, 11) is 1.51. The Labute approximate surface area is 97.0 Å². The summed E-state index contributed by atoms with van der Waals surface area (Å²) in [5, 5.41) is 18.3. The summed E-state index contributed by atoms with van der Waals surface area (Å²) >= 11 is 0. The summed E-state index contributed by atoms with van der Waals surface area (Å²) in [5.74, 6) is 0.427. The molecule has 0 fully saturated rings. The topological polar surface area (TPSA) is 78.2 Å². The number of non-ortho nitro benzene ring substituents is 1. The SMILES string of the molecule is COc1ccc(-c2ccc([N+](=O)[O-])cc2)nn1. The molecule has 0 saturated carbocycles. The molecule has 0 atom stereocenters. The van der Waals surface area contributed by atoms with Gasteiger partial charge >= 0.3 is 0 Å². The van der Waals surface area contributed by atoms with Gasteiger partial charge in [-0.05, 0) is 18.2 Å². The predicted molar refractivity (Wildman–Crippen MR) is 60.7 cm³/mol. The molecule has 6 nitrogen and oxygen atoms in total. The van der Waals surface area contributed by atoms with Gasteiger partial charge < -0.3 is 4.74 Å². The van der Waals surface area contributed by atoms with E-state index in [1.165, 1.54) is 19.2 Å². The van der Waals surface area contributed by atoms with Gasteiger partial charge in [0.25, 0.3) is 5.69 Å². The Bertz CT molecular complexity index is 523. The molecule has 6 heteroatoms. The minimum absolute atomic E-state index is 0.0511. The Hall–Kier alpha value is -2.50. The number of hydrogen-bond acceptors (Lipinski definition) is 5. The first-order valence-corrected chi connectivity index (χ1v) is 4.83. The van der Waals surface area contributed by atoms with Crippen molar-refractivity contribution in [2.75, 3.05) is 7.11 Å². The number of benzene rings is 1. The minimum Gasteiger partial charge on any atom is -0.480 e. The standard InChI is InChI=1S/C11H9N3O3/c1-17-11-7-6-10(12-13-11)8-2-4-9(5-3-8)14(15)16/h2-7H,1H3. The van der Waals surface area contributed by atoms with Gasteiger partial charge in [0.1, 0.15) is 0 Å². The second-order valence-electron chi connectivity index (χ2n) is 3.26. The molecule has 2 aromatic rings. The van der Waals surface area contributed by atoms with E-state index in [1.807, 2.05) is 0 Å². The van der Waals surface area contributed by atoms with E-state index in [0.29, 0.717) is 11.6 Å². The number of rotatable bonds is 3. The molecule has 0 saturated heterocycles. The van der Waals surface area contributed by atoms with Crippen LogP contribution in [-0.2, 0) is 0 Å². The van der Waals surface area contributed by atoms with Crippen LogP contribution in [0.5, 0.6) is 5.88 Å². The van der Waals surface area contributed by atoms with Gasteiger partial charge in [0, 0.05) is 23.8 Å². The zero-order chi connectivity index (χ0) is 12.3. The van der Waals surface area contributed by atoms with E-state index >= 15 is 0 Å². The summed E-state index contributed by atoms with van der Waals surface area (Å²) in [6.45, 7) is 0. The van der Waals surface area contributed by atoms with Crippen LogP contribution in [0.15, 0.2) is 36.4 Å². The maximum atomic E-state index is 10.5. The van der Waals surface area contributed by atoms with Crippen LogP contribution in [0.25, 0.3) is 11.3 Å². The highest BCUT2D eigenvalue weighted by atomic mass is 16.6. The number of nitro groups is 1. The van der Waals surface area contributed by atoms with Crippen LogP contribution in [0.1, 0.15) is 0 Å². The number of aromatic nitrogens is 2.